The van der Waals surface area contributed by atoms with Crippen molar-refractivity contribution in [1.82, 2.24) is 30.1 Å². The Morgan fingerprint density at radius 2 is 1.69 bits per heavy atom. The molecule has 12 nitrogen and oxygen atoms in total. The highest BCUT2D eigenvalue weighted by Crippen LogP contribution is 2.36. The maximum atomic E-state index is 14.0. The van der Waals surface area contributed by atoms with Gasteiger partial charge in [-0.15, -0.1) is 0 Å². The largest absolute Gasteiger partial charge is 0.478 e. The normalized spacial score (nSPS) is 16.3. The lowest BCUT2D eigenvalue weighted by Gasteiger charge is -2.37. The van der Waals surface area contributed by atoms with Crippen molar-refractivity contribution in [3.8, 4) is 0 Å². The van der Waals surface area contributed by atoms with E-state index in [1.807, 2.05) is 0 Å². The molecule has 0 bridgehead atoms. The fourth-order valence-corrected chi connectivity index (χ4v) is 7.60. The molecule has 0 saturated carbocycles. The smallest absolute Gasteiger partial charge is 0.471 e. The molecule has 5 aromatic rings. The molecule has 282 valence electrons. The van der Waals surface area contributed by atoms with E-state index >= 15 is 0 Å². The second kappa shape index (κ2) is 14.6. The number of ketones is 1. The van der Waals surface area contributed by atoms with E-state index in [0.717, 1.165) is 27.3 Å². The Kier molecular flexibility index (Phi) is 9.90. The number of hydrogen-bond donors (Lipinski definition) is 3. The minimum Gasteiger partial charge on any atom is -0.478 e. The fourth-order valence-electron chi connectivity index (χ4n) is 7.40. The van der Waals surface area contributed by atoms with E-state index in [1.165, 1.54) is 12.3 Å². The van der Waals surface area contributed by atoms with Crippen molar-refractivity contribution in [2.24, 2.45) is 0 Å². The van der Waals surface area contributed by atoms with Crippen molar-refractivity contribution in [3.63, 3.8) is 0 Å². The van der Waals surface area contributed by atoms with Crippen LogP contribution in [0.2, 0.25) is 5.02 Å². The molecule has 2 aromatic heterocycles. The number of Topliss-reactive ketones (excluding diaryl/α,β-unsaturated/α-hetero) is 1. The quantitative estimate of drug-likeness (QED) is 0.162. The van der Waals surface area contributed by atoms with E-state index < -0.39 is 54.3 Å². The molecule has 0 radical (unpaired) electrons. The summed E-state index contributed by atoms with van der Waals surface area (Å²) in [6.07, 6.45) is -2.91. The van der Waals surface area contributed by atoms with E-state index in [-0.39, 0.29) is 47.5 Å². The predicted octanol–water partition coefficient (Wildman–Crippen LogP) is 5.65. The average Bonchev–Trinajstić information content (AvgIpc) is 3.78. The van der Waals surface area contributed by atoms with E-state index in [0.29, 0.717) is 39.5 Å². The Hall–Kier alpha value is -6.09. The van der Waals surface area contributed by atoms with Crippen LogP contribution < -0.4 is 10.6 Å². The van der Waals surface area contributed by atoms with Crippen molar-refractivity contribution >= 4 is 46.7 Å². The zero-order chi connectivity index (χ0) is 39.2. The molecular formula is C39H32ClF3N6O6. The summed E-state index contributed by atoms with van der Waals surface area (Å²) in [6.45, 7) is 1.07. The highest BCUT2D eigenvalue weighted by Gasteiger charge is 2.46. The van der Waals surface area contributed by atoms with Gasteiger partial charge in [0.1, 0.15) is 11.4 Å². The first-order chi connectivity index (χ1) is 26.2. The first kappa shape index (κ1) is 37.2. The van der Waals surface area contributed by atoms with E-state index in [9.17, 15) is 42.3 Å². The summed E-state index contributed by atoms with van der Waals surface area (Å²) in [6, 6.07) is 16.0. The molecule has 2 aliphatic rings. The van der Waals surface area contributed by atoms with Crippen LogP contribution in [0, 0.1) is 6.92 Å². The first-order valence-corrected chi connectivity index (χ1v) is 17.7. The third-order valence-corrected chi connectivity index (χ3v) is 10.5. The number of fused-ring (bicyclic) bond motifs is 3. The van der Waals surface area contributed by atoms with Crippen LogP contribution >= 0.6 is 11.6 Å². The highest BCUT2D eigenvalue weighted by molar-refractivity contribution is 6.31. The number of amides is 3. The van der Waals surface area contributed by atoms with E-state index in [2.05, 4.69) is 20.7 Å². The Bertz CT molecular complexity index is 2410. The maximum absolute atomic E-state index is 14.0. The molecule has 0 fully saturated rings. The number of benzene rings is 3. The molecule has 1 aliphatic heterocycles. The number of carbonyl (C=O) groups is 5. The lowest BCUT2D eigenvalue weighted by molar-refractivity contribution is -0.188. The summed E-state index contributed by atoms with van der Waals surface area (Å²) >= 11 is 6.31. The van der Waals surface area contributed by atoms with Gasteiger partial charge in [-0.25, -0.2) is 14.3 Å². The number of aromatic nitrogens is 3. The van der Waals surface area contributed by atoms with Gasteiger partial charge >= 0.3 is 18.1 Å². The summed E-state index contributed by atoms with van der Waals surface area (Å²) in [5.74, 6) is -5.13. The third-order valence-electron chi connectivity index (χ3n) is 10.1. The van der Waals surface area contributed by atoms with Gasteiger partial charge in [0, 0.05) is 30.6 Å². The SMILES string of the molecule is Cc1c(C(=O)O)ccc2c1CC[C@@H]2NC(=O)c1cc(C(=O)NCC2c3ccccc3CCN2C(=O)C(F)(F)F)nc2c(C(=O)Cc3ccccc3Cl)cnn12. The average molecular weight is 773 g/mol. The van der Waals surface area contributed by atoms with Crippen molar-refractivity contribution in [2.75, 3.05) is 13.1 Å². The summed E-state index contributed by atoms with van der Waals surface area (Å²) in [7, 11) is 0. The monoisotopic (exact) mass is 772 g/mol. The van der Waals surface area contributed by atoms with Crippen LogP contribution in [0.1, 0.15) is 93.6 Å². The number of carboxylic acids is 1. The van der Waals surface area contributed by atoms with Gasteiger partial charge in [-0.05, 0) is 71.7 Å². The Morgan fingerprint density at radius 3 is 2.44 bits per heavy atom. The van der Waals surface area contributed by atoms with Gasteiger partial charge < -0.3 is 20.6 Å². The zero-order valence-electron chi connectivity index (χ0n) is 29.1. The van der Waals surface area contributed by atoms with Gasteiger partial charge in [0.25, 0.3) is 11.8 Å². The lowest BCUT2D eigenvalue weighted by Crippen LogP contribution is -2.49. The number of nitrogens with one attached hydrogen (secondary N) is 2. The molecule has 55 heavy (non-hydrogen) atoms. The molecule has 3 heterocycles. The van der Waals surface area contributed by atoms with Gasteiger partial charge in [-0.1, -0.05) is 60.1 Å². The molecule has 1 unspecified atom stereocenters. The molecule has 3 N–H and O–H groups in total. The van der Waals surface area contributed by atoms with Crippen LogP contribution in [-0.2, 0) is 24.1 Å². The molecular weight excluding hydrogens is 741 g/mol. The Balaban J connectivity index is 1.23. The number of hydrogen-bond acceptors (Lipinski definition) is 7. The zero-order valence-corrected chi connectivity index (χ0v) is 29.9. The van der Waals surface area contributed by atoms with Gasteiger partial charge in [-0.3, -0.25) is 19.2 Å². The summed E-state index contributed by atoms with van der Waals surface area (Å²) in [5.41, 5.74) is 3.34. The molecule has 0 saturated heterocycles. The number of carboxylic acid groups (broad SMARTS) is 1. The topological polar surface area (TPSA) is 163 Å². The number of alkyl halides is 3. The minimum absolute atomic E-state index is 0.0187. The second-order valence-electron chi connectivity index (χ2n) is 13.4. The molecule has 2 atom stereocenters. The molecule has 16 heteroatoms. The van der Waals surface area contributed by atoms with Crippen LogP contribution in [-0.4, -0.2) is 73.3 Å². The van der Waals surface area contributed by atoms with Crippen LogP contribution in [0.15, 0.2) is 72.9 Å². The summed E-state index contributed by atoms with van der Waals surface area (Å²) in [5, 5.41) is 19.7. The van der Waals surface area contributed by atoms with Crippen molar-refractivity contribution in [1.29, 1.82) is 0 Å². The lowest BCUT2D eigenvalue weighted by atomic mass is 9.92. The second-order valence-corrected chi connectivity index (χ2v) is 13.8. The van der Waals surface area contributed by atoms with Gasteiger partial charge in [0.15, 0.2) is 11.4 Å². The van der Waals surface area contributed by atoms with Crippen LogP contribution in [0.3, 0.4) is 0 Å². The molecule has 3 amide bonds. The maximum Gasteiger partial charge on any atom is 0.471 e. The number of halogens is 4. The van der Waals surface area contributed by atoms with Gasteiger partial charge in [-0.2, -0.15) is 18.3 Å². The highest BCUT2D eigenvalue weighted by atomic mass is 35.5. The van der Waals surface area contributed by atoms with E-state index in [1.54, 1.807) is 61.5 Å². The molecule has 0 spiro atoms. The number of nitrogens with zero attached hydrogens (tertiary/aromatic N) is 4. The van der Waals surface area contributed by atoms with Gasteiger partial charge in [0.2, 0.25) is 0 Å². The minimum atomic E-state index is -5.14. The summed E-state index contributed by atoms with van der Waals surface area (Å²) in [4.78, 5) is 70.8. The standard InChI is InChI=1S/C39H32ClF3N6O6/c1-20-23-12-13-29(26(23)11-10-24(20)37(53)54)47-36(52)31-17-30(46-34-27(18-45-49(31)34)33(50)16-22-7-3-5-9-28(22)40)35(51)44-19-32-25-8-4-2-6-21(25)14-15-48(32)38(55)39(41,42)43/h2-11,17-18,29,32H,12-16,19H2,1H3,(H,44,51)(H,47,52)(H,53,54)/t29-,32?/m0/s1. The van der Waals surface area contributed by atoms with Crippen molar-refractivity contribution < 1.29 is 42.3 Å². The van der Waals surface area contributed by atoms with Gasteiger partial charge in [0.05, 0.1) is 29.4 Å². The third kappa shape index (κ3) is 7.14. The molecule has 1 aliphatic carbocycles. The van der Waals surface area contributed by atoms with Crippen LogP contribution in [0.25, 0.3) is 5.65 Å². The molecule has 7 rings (SSSR count). The number of rotatable bonds is 9. The Morgan fingerprint density at radius 1 is 0.945 bits per heavy atom. The first-order valence-electron chi connectivity index (χ1n) is 17.3. The fraction of sp³-hybridized carbons (Fsp3) is 0.256. The summed E-state index contributed by atoms with van der Waals surface area (Å²) < 4.78 is 42.1. The predicted molar refractivity (Wildman–Crippen MR) is 192 cm³/mol. The van der Waals surface area contributed by atoms with E-state index in [4.69, 9.17) is 11.6 Å². The Labute approximate surface area is 316 Å². The van der Waals surface area contributed by atoms with Crippen molar-refractivity contribution in [3.05, 3.63) is 134 Å². The number of carbonyl (C=O) groups excluding carboxylic acids is 4. The number of aromatic carboxylic acids is 1. The van der Waals surface area contributed by atoms with Crippen LogP contribution in [0.4, 0.5) is 13.2 Å². The molecule has 3 aromatic carbocycles. The van der Waals surface area contributed by atoms with Crippen LogP contribution in [0.5, 0.6) is 0 Å². The van der Waals surface area contributed by atoms with Crippen molar-refractivity contribution in [2.45, 2.75) is 50.9 Å².